The van der Waals surface area contributed by atoms with Gasteiger partial charge in [0.05, 0.1) is 11.6 Å². The van der Waals surface area contributed by atoms with Gasteiger partial charge >= 0.3 is 0 Å². The molecule has 0 radical (unpaired) electrons. The molecule has 0 saturated carbocycles. The smallest absolute Gasteiger partial charge is 0.208 e. The van der Waals surface area contributed by atoms with Crippen LogP contribution in [0.15, 0.2) is 30.3 Å². The van der Waals surface area contributed by atoms with Crippen molar-refractivity contribution in [2.24, 2.45) is 5.73 Å². The zero-order valence-corrected chi connectivity index (χ0v) is 10.4. The van der Waals surface area contributed by atoms with Gasteiger partial charge in [-0.05, 0) is 27.7 Å². The average Bonchev–Trinajstić information content (AvgIpc) is 2.16. The third-order valence-electron chi connectivity index (χ3n) is 2.27. The van der Waals surface area contributed by atoms with Gasteiger partial charge in [0.2, 0.25) is 5.79 Å². The van der Waals surface area contributed by atoms with Gasteiger partial charge in [0.1, 0.15) is 0 Å². The second-order valence-corrected chi connectivity index (χ2v) is 5.07. The maximum Gasteiger partial charge on any atom is 0.208 e. The maximum absolute atomic E-state index is 10.5. The van der Waals surface area contributed by atoms with Crippen molar-refractivity contribution in [2.75, 3.05) is 0 Å². The Bertz CT molecular complexity index is 330. The topological polar surface area (TPSA) is 55.5 Å². The second-order valence-electron chi connectivity index (χ2n) is 5.07. The summed E-state index contributed by atoms with van der Waals surface area (Å²) in [5.41, 5.74) is 6.06. The Morgan fingerprint density at radius 2 is 1.69 bits per heavy atom. The van der Waals surface area contributed by atoms with Gasteiger partial charge < -0.3 is 15.6 Å². The minimum absolute atomic E-state index is 0.460. The molecule has 2 atom stereocenters. The second kappa shape index (κ2) is 4.53. The first-order valence-corrected chi connectivity index (χ1v) is 5.49. The first-order valence-electron chi connectivity index (χ1n) is 5.49. The lowest BCUT2D eigenvalue weighted by atomic mass is 9.98. The fourth-order valence-corrected chi connectivity index (χ4v) is 1.56. The van der Waals surface area contributed by atoms with Gasteiger partial charge in [-0.15, -0.1) is 0 Å². The van der Waals surface area contributed by atoms with Crippen molar-refractivity contribution in [2.45, 2.75) is 45.1 Å². The van der Waals surface area contributed by atoms with Crippen LogP contribution >= 0.6 is 0 Å². The van der Waals surface area contributed by atoms with Gasteiger partial charge in [-0.25, -0.2) is 0 Å². The van der Waals surface area contributed by atoms with Crippen LogP contribution in [0.25, 0.3) is 0 Å². The highest BCUT2D eigenvalue weighted by atomic mass is 16.6. The summed E-state index contributed by atoms with van der Waals surface area (Å²) in [6, 6.07) is 8.73. The van der Waals surface area contributed by atoms with Crippen LogP contribution in [-0.2, 0) is 10.5 Å². The number of hydrogen-bond acceptors (Lipinski definition) is 3. The predicted molar refractivity (Wildman–Crippen MR) is 64.8 cm³/mol. The molecule has 0 amide bonds. The van der Waals surface area contributed by atoms with E-state index in [1.165, 1.54) is 0 Å². The van der Waals surface area contributed by atoms with E-state index in [1.54, 1.807) is 6.92 Å². The zero-order valence-electron chi connectivity index (χ0n) is 10.4. The Kier molecular flexibility index (Phi) is 3.73. The summed E-state index contributed by atoms with van der Waals surface area (Å²) in [7, 11) is 0. The van der Waals surface area contributed by atoms with Gasteiger partial charge in [0, 0.05) is 5.56 Å². The van der Waals surface area contributed by atoms with E-state index in [4.69, 9.17) is 10.5 Å². The lowest BCUT2D eigenvalue weighted by Gasteiger charge is -2.38. The van der Waals surface area contributed by atoms with Crippen molar-refractivity contribution in [3.63, 3.8) is 0 Å². The van der Waals surface area contributed by atoms with E-state index in [0.29, 0.717) is 5.56 Å². The van der Waals surface area contributed by atoms with Gasteiger partial charge in [-0.3, -0.25) is 0 Å². The molecular formula is C13H21NO2. The Hall–Kier alpha value is -0.900. The standard InChI is InChI=1S/C13H21NO2/c1-10(14)13(15,16-12(2,3)4)11-8-6-5-7-9-11/h5-10,15H,14H2,1-4H3/t10-,13-/m1/s1. The van der Waals surface area contributed by atoms with Gasteiger partial charge in [-0.2, -0.15) is 0 Å². The first kappa shape index (κ1) is 13.2. The quantitative estimate of drug-likeness (QED) is 0.770. The molecule has 3 heteroatoms. The summed E-state index contributed by atoms with van der Waals surface area (Å²) in [6.07, 6.45) is 0. The number of hydrogen-bond donors (Lipinski definition) is 2. The number of rotatable bonds is 3. The molecule has 1 rings (SSSR count). The highest BCUT2D eigenvalue weighted by molar-refractivity contribution is 5.21. The molecular weight excluding hydrogens is 202 g/mol. The largest absolute Gasteiger partial charge is 0.361 e. The molecule has 16 heavy (non-hydrogen) atoms. The van der Waals surface area contributed by atoms with Crippen LogP contribution in [0.5, 0.6) is 0 Å². The Balaban J connectivity index is 3.08. The van der Waals surface area contributed by atoms with Crippen LogP contribution in [0.4, 0.5) is 0 Å². The van der Waals surface area contributed by atoms with Crippen molar-refractivity contribution < 1.29 is 9.84 Å². The predicted octanol–water partition coefficient (Wildman–Crippen LogP) is 1.99. The maximum atomic E-state index is 10.5. The molecule has 0 spiro atoms. The van der Waals surface area contributed by atoms with E-state index in [2.05, 4.69) is 0 Å². The summed E-state index contributed by atoms with van der Waals surface area (Å²) in [4.78, 5) is 0. The number of benzene rings is 1. The van der Waals surface area contributed by atoms with Crippen molar-refractivity contribution in [1.82, 2.24) is 0 Å². The van der Waals surface area contributed by atoms with Crippen molar-refractivity contribution in [1.29, 1.82) is 0 Å². The Labute approximate surface area is 97.2 Å². The lowest BCUT2D eigenvalue weighted by Crippen LogP contribution is -2.49. The minimum atomic E-state index is -1.44. The van der Waals surface area contributed by atoms with Gasteiger partial charge in [0.15, 0.2) is 0 Å². The average molecular weight is 223 g/mol. The third-order valence-corrected chi connectivity index (χ3v) is 2.27. The van der Waals surface area contributed by atoms with E-state index in [-0.39, 0.29) is 0 Å². The van der Waals surface area contributed by atoms with Crippen LogP contribution in [0.3, 0.4) is 0 Å². The van der Waals surface area contributed by atoms with Gasteiger partial charge in [-0.1, -0.05) is 30.3 Å². The zero-order chi connectivity index (χ0) is 12.4. The number of aliphatic hydroxyl groups is 1. The van der Waals surface area contributed by atoms with Crippen LogP contribution in [0.1, 0.15) is 33.3 Å². The summed E-state index contributed by atoms with van der Waals surface area (Å²) in [5, 5.41) is 10.5. The van der Waals surface area contributed by atoms with E-state index in [0.717, 1.165) is 0 Å². The molecule has 0 saturated heterocycles. The molecule has 0 aliphatic heterocycles. The molecule has 0 aliphatic carbocycles. The Morgan fingerprint density at radius 3 is 2.06 bits per heavy atom. The van der Waals surface area contributed by atoms with Crippen LogP contribution in [0, 0.1) is 0 Å². The normalized spacial score (nSPS) is 17.9. The SMILES string of the molecule is C[C@@H](N)[C@@](O)(OC(C)(C)C)c1ccccc1. The van der Waals surface area contributed by atoms with E-state index < -0.39 is 17.4 Å². The molecule has 90 valence electrons. The third kappa shape index (κ3) is 3.04. The van der Waals surface area contributed by atoms with Crippen LogP contribution in [-0.4, -0.2) is 16.7 Å². The molecule has 0 aliphatic rings. The summed E-state index contributed by atoms with van der Waals surface area (Å²) < 4.78 is 5.70. The monoisotopic (exact) mass is 223 g/mol. The van der Waals surface area contributed by atoms with Crippen molar-refractivity contribution >= 4 is 0 Å². The summed E-state index contributed by atoms with van der Waals surface area (Å²) in [5.74, 6) is -1.44. The van der Waals surface area contributed by atoms with E-state index in [9.17, 15) is 5.11 Å². The van der Waals surface area contributed by atoms with Crippen molar-refractivity contribution in [3.05, 3.63) is 35.9 Å². The highest BCUT2D eigenvalue weighted by Crippen LogP contribution is 2.30. The molecule has 0 bridgehead atoms. The molecule has 3 nitrogen and oxygen atoms in total. The molecule has 0 heterocycles. The number of ether oxygens (including phenoxy) is 1. The minimum Gasteiger partial charge on any atom is -0.361 e. The van der Waals surface area contributed by atoms with E-state index >= 15 is 0 Å². The molecule has 3 N–H and O–H groups in total. The summed E-state index contributed by atoms with van der Waals surface area (Å²) in [6.45, 7) is 7.41. The van der Waals surface area contributed by atoms with Gasteiger partial charge in [0.25, 0.3) is 0 Å². The number of nitrogens with two attached hydrogens (primary N) is 1. The first-order chi connectivity index (χ1) is 7.26. The van der Waals surface area contributed by atoms with Crippen LogP contribution < -0.4 is 5.73 Å². The van der Waals surface area contributed by atoms with Crippen molar-refractivity contribution in [3.8, 4) is 0 Å². The molecule has 1 aromatic carbocycles. The fraction of sp³-hybridized carbons (Fsp3) is 0.538. The highest BCUT2D eigenvalue weighted by Gasteiger charge is 2.38. The molecule has 1 aromatic rings. The Morgan fingerprint density at radius 1 is 1.19 bits per heavy atom. The lowest BCUT2D eigenvalue weighted by molar-refractivity contribution is -0.270. The summed E-state index contributed by atoms with van der Waals surface area (Å²) >= 11 is 0. The molecule has 0 aromatic heterocycles. The molecule has 0 unspecified atom stereocenters. The van der Waals surface area contributed by atoms with Crippen LogP contribution in [0.2, 0.25) is 0 Å². The fourth-order valence-electron chi connectivity index (χ4n) is 1.56. The van der Waals surface area contributed by atoms with E-state index in [1.807, 2.05) is 51.1 Å². The molecule has 0 fully saturated rings.